The lowest BCUT2D eigenvalue weighted by atomic mass is 10.1. The fraction of sp³-hybridized carbons (Fsp3) is 0.500. The zero-order chi connectivity index (χ0) is 15.8. The lowest BCUT2D eigenvalue weighted by Gasteiger charge is -2.12. The molecule has 0 radical (unpaired) electrons. The molecule has 1 amide bonds. The number of nitrogens with zero attached hydrogens (tertiary/aromatic N) is 1. The van der Waals surface area contributed by atoms with Crippen LogP contribution >= 0.6 is 11.3 Å². The van der Waals surface area contributed by atoms with Gasteiger partial charge in [0.2, 0.25) is 0 Å². The number of hydrogen-bond donors (Lipinski definition) is 4. The first kappa shape index (κ1) is 17.1. The van der Waals surface area contributed by atoms with Gasteiger partial charge in [-0.2, -0.15) is 0 Å². The maximum absolute atomic E-state index is 11.9. The van der Waals surface area contributed by atoms with Gasteiger partial charge in [0.05, 0.1) is 5.01 Å². The van der Waals surface area contributed by atoms with Gasteiger partial charge < -0.3 is 21.3 Å². The monoisotopic (exact) mass is 315 g/mol. The molecule has 1 aromatic heterocycles. The number of carboxylic acids is 2. The Labute approximate surface area is 125 Å². The predicted octanol–water partition coefficient (Wildman–Crippen LogP) is 0.0822. The van der Waals surface area contributed by atoms with Gasteiger partial charge in [-0.15, -0.1) is 11.3 Å². The zero-order valence-electron chi connectivity index (χ0n) is 11.2. The number of hydrogen-bond acceptors (Lipinski definition) is 6. The minimum absolute atomic E-state index is 0.0488. The first-order valence-corrected chi connectivity index (χ1v) is 7.22. The second kappa shape index (κ2) is 8.32. The van der Waals surface area contributed by atoms with Crippen molar-refractivity contribution in [1.29, 1.82) is 0 Å². The number of carbonyl (C=O) groups is 3. The quantitative estimate of drug-likeness (QED) is 0.505. The molecule has 1 rings (SSSR count). The van der Waals surface area contributed by atoms with E-state index in [4.69, 9.17) is 15.9 Å². The molecule has 0 bridgehead atoms. The largest absolute Gasteiger partial charge is 0.481 e. The van der Waals surface area contributed by atoms with Crippen LogP contribution in [0.15, 0.2) is 5.38 Å². The summed E-state index contributed by atoms with van der Waals surface area (Å²) in [5, 5.41) is 22.1. The van der Waals surface area contributed by atoms with Crippen LogP contribution in [0.4, 0.5) is 0 Å². The van der Waals surface area contributed by atoms with Crippen molar-refractivity contribution in [2.24, 2.45) is 5.73 Å². The van der Waals surface area contributed by atoms with Crippen molar-refractivity contribution in [2.45, 2.75) is 31.7 Å². The van der Waals surface area contributed by atoms with E-state index in [1.165, 1.54) is 16.7 Å². The molecule has 0 aromatic carbocycles. The van der Waals surface area contributed by atoms with Crippen LogP contribution in [0.25, 0.3) is 0 Å². The number of nitrogens with one attached hydrogen (secondary N) is 1. The molecule has 0 saturated carbocycles. The van der Waals surface area contributed by atoms with E-state index in [0.717, 1.165) is 0 Å². The third kappa shape index (κ3) is 5.88. The summed E-state index contributed by atoms with van der Waals surface area (Å²) >= 11 is 1.28. The van der Waals surface area contributed by atoms with Crippen molar-refractivity contribution in [2.75, 3.05) is 6.54 Å². The van der Waals surface area contributed by atoms with E-state index < -0.39 is 23.9 Å². The van der Waals surface area contributed by atoms with Gasteiger partial charge in [0.1, 0.15) is 11.7 Å². The molecule has 1 atom stereocenters. The topological polar surface area (TPSA) is 143 Å². The molecule has 0 aliphatic rings. The van der Waals surface area contributed by atoms with Gasteiger partial charge in [0, 0.05) is 18.2 Å². The van der Waals surface area contributed by atoms with Crippen LogP contribution in [0.3, 0.4) is 0 Å². The highest BCUT2D eigenvalue weighted by Gasteiger charge is 2.22. The zero-order valence-corrected chi connectivity index (χ0v) is 12.1. The maximum atomic E-state index is 11.9. The van der Waals surface area contributed by atoms with Crippen molar-refractivity contribution in [3.05, 3.63) is 16.1 Å². The summed E-state index contributed by atoms with van der Waals surface area (Å²) in [6, 6.07) is -1.13. The van der Waals surface area contributed by atoms with E-state index >= 15 is 0 Å². The smallest absolute Gasteiger partial charge is 0.326 e. The third-order valence-electron chi connectivity index (χ3n) is 2.63. The lowest BCUT2D eigenvalue weighted by molar-refractivity contribution is -0.140. The van der Waals surface area contributed by atoms with Gasteiger partial charge in [-0.25, -0.2) is 9.78 Å². The summed E-state index contributed by atoms with van der Waals surface area (Å²) in [5.41, 5.74) is 5.53. The van der Waals surface area contributed by atoms with E-state index in [2.05, 4.69) is 10.3 Å². The Bertz CT molecular complexity index is 517. The molecule has 0 unspecified atom stereocenters. The minimum Gasteiger partial charge on any atom is -0.481 e. The molecular formula is C12H17N3O5S. The summed E-state index contributed by atoms with van der Waals surface area (Å²) in [6.45, 7) is 0.418. The second-order valence-corrected chi connectivity index (χ2v) is 5.26. The fourth-order valence-corrected chi connectivity index (χ4v) is 2.39. The summed E-state index contributed by atoms with van der Waals surface area (Å²) in [4.78, 5) is 37.4. The molecule has 0 fully saturated rings. The average molecular weight is 315 g/mol. The Hall–Kier alpha value is -2.00. The van der Waals surface area contributed by atoms with Crippen LogP contribution in [-0.2, 0) is 16.0 Å². The molecule has 0 spiro atoms. The predicted molar refractivity (Wildman–Crippen MR) is 75.2 cm³/mol. The highest BCUT2D eigenvalue weighted by atomic mass is 32.1. The summed E-state index contributed by atoms with van der Waals surface area (Å²) < 4.78 is 0. The molecule has 8 nitrogen and oxygen atoms in total. The Morgan fingerprint density at radius 1 is 1.38 bits per heavy atom. The van der Waals surface area contributed by atoms with Crippen LogP contribution in [0.5, 0.6) is 0 Å². The number of amides is 1. The SMILES string of the molecule is NCCc1nc(C(=O)N[C@H](CCCC(=O)O)C(=O)O)cs1. The van der Waals surface area contributed by atoms with Gasteiger partial charge >= 0.3 is 11.9 Å². The molecule has 5 N–H and O–H groups in total. The van der Waals surface area contributed by atoms with E-state index in [0.29, 0.717) is 18.0 Å². The molecule has 0 aliphatic heterocycles. The molecule has 1 aromatic rings. The number of aliphatic carboxylic acids is 2. The second-order valence-electron chi connectivity index (χ2n) is 4.32. The number of carbonyl (C=O) groups excluding carboxylic acids is 1. The van der Waals surface area contributed by atoms with Crippen molar-refractivity contribution in [3.63, 3.8) is 0 Å². The van der Waals surface area contributed by atoms with Crippen LogP contribution in [-0.4, -0.2) is 45.6 Å². The first-order chi connectivity index (χ1) is 9.93. The molecule has 0 aliphatic carbocycles. The lowest BCUT2D eigenvalue weighted by Crippen LogP contribution is -2.41. The van der Waals surface area contributed by atoms with Crippen LogP contribution in [0, 0.1) is 0 Å². The molecule has 9 heteroatoms. The van der Waals surface area contributed by atoms with E-state index in [9.17, 15) is 14.4 Å². The Morgan fingerprint density at radius 3 is 2.67 bits per heavy atom. The Kier molecular flexibility index (Phi) is 6.76. The minimum atomic E-state index is -1.20. The van der Waals surface area contributed by atoms with E-state index in [-0.39, 0.29) is 25.0 Å². The molecule has 1 heterocycles. The number of carboxylic acid groups (broad SMARTS) is 2. The molecule has 116 valence electrons. The third-order valence-corrected chi connectivity index (χ3v) is 3.54. The summed E-state index contributed by atoms with van der Waals surface area (Å²) in [7, 11) is 0. The number of aromatic nitrogens is 1. The highest BCUT2D eigenvalue weighted by molar-refractivity contribution is 7.09. The van der Waals surface area contributed by atoms with Crippen LogP contribution < -0.4 is 11.1 Å². The number of thiazole rings is 1. The van der Waals surface area contributed by atoms with E-state index in [1.54, 1.807) is 0 Å². The van der Waals surface area contributed by atoms with Crippen molar-refractivity contribution < 1.29 is 24.6 Å². The van der Waals surface area contributed by atoms with Crippen molar-refractivity contribution in [1.82, 2.24) is 10.3 Å². The van der Waals surface area contributed by atoms with Crippen molar-refractivity contribution in [3.8, 4) is 0 Å². The Morgan fingerprint density at radius 2 is 2.10 bits per heavy atom. The standard InChI is InChI=1S/C12H17N3O5S/c13-5-4-9-14-8(6-21-9)11(18)15-7(12(19)20)2-1-3-10(16)17/h6-7H,1-5,13H2,(H,15,18)(H,16,17)(H,19,20)/t7-/m1/s1. The number of rotatable bonds is 9. The average Bonchev–Trinajstić information content (AvgIpc) is 2.86. The van der Waals surface area contributed by atoms with Gasteiger partial charge in [0.15, 0.2) is 0 Å². The van der Waals surface area contributed by atoms with Crippen LogP contribution in [0.1, 0.15) is 34.8 Å². The summed E-state index contributed by atoms with van der Waals surface area (Å²) in [5.74, 6) is -2.79. The first-order valence-electron chi connectivity index (χ1n) is 6.34. The normalized spacial score (nSPS) is 11.9. The molecule has 21 heavy (non-hydrogen) atoms. The maximum Gasteiger partial charge on any atom is 0.326 e. The Balaban J connectivity index is 2.58. The van der Waals surface area contributed by atoms with E-state index in [1.807, 2.05) is 0 Å². The van der Waals surface area contributed by atoms with Gasteiger partial charge in [-0.05, 0) is 19.4 Å². The van der Waals surface area contributed by atoms with Gasteiger partial charge in [-0.3, -0.25) is 9.59 Å². The highest BCUT2D eigenvalue weighted by Crippen LogP contribution is 2.11. The number of nitrogens with two attached hydrogens (primary N) is 1. The molecule has 0 saturated heterocycles. The fourth-order valence-electron chi connectivity index (χ4n) is 1.60. The summed E-state index contributed by atoms with van der Waals surface area (Å²) in [6.07, 6.45) is 0.630. The van der Waals surface area contributed by atoms with Crippen molar-refractivity contribution >= 4 is 29.2 Å². The molecular weight excluding hydrogens is 298 g/mol. The van der Waals surface area contributed by atoms with Gasteiger partial charge in [-0.1, -0.05) is 0 Å². The van der Waals surface area contributed by atoms with Crippen LogP contribution in [0.2, 0.25) is 0 Å². The van der Waals surface area contributed by atoms with Gasteiger partial charge in [0.25, 0.3) is 5.91 Å².